The van der Waals surface area contributed by atoms with Crippen molar-refractivity contribution in [1.82, 2.24) is 14.9 Å². The number of nitrogens with one attached hydrogen (secondary N) is 1. The highest BCUT2D eigenvalue weighted by atomic mass is 35.5. The molecule has 1 aliphatic carbocycles. The minimum Gasteiger partial charge on any atom is -0.367 e. The number of hydrogen-bond donors (Lipinski definition) is 1. The summed E-state index contributed by atoms with van der Waals surface area (Å²) in [5, 5.41) is 4.03. The Hall–Kier alpha value is -0.580. The third-order valence-electron chi connectivity index (χ3n) is 3.78. The van der Waals surface area contributed by atoms with Crippen LogP contribution in [0.5, 0.6) is 0 Å². The van der Waals surface area contributed by atoms with Gasteiger partial charge in [0, 0.05) is 12.1 Å². The first-order valence-corrected chi connectivity index (χ1v) is 6.88. The average molecular weight is 289 g/mol. The Morgan fingerprint density at radius 3 is 2.61 bits per heavy atom. The molecule has 2 rings (SSSR count). The largest absolute Gasteiger partial charge is 0.367 e. The number of rotatable bonds is 4. The van der Waals surface area contributed by atoms with E-state index in [9.17, 15) is 0 Å². The van der Waals surface area contributed by atoms with Crippen molar-refractivity contribution in [2.75, 3.05) is 26.0 Å². The Morgan fingerprint density at radius 2 is 2.00 bits per heavy atom. The van der Waals surface area contributed by atoms with Crippen LogP contribution in [0.4, 0.5) is 5.82 Å². The van der Waals surface area contributed by atoms with Gasteiger partial charge in [0.25, 0.3) is 0 Å². The Morgan fingerprint density at radius 1 is 1.33 bits per heavy atom. The van der Waals surface area contributed by atoms with Gasteiger partial charge in [0.2, 0.25) is 5.28 Å². The SMILES string of the molecule is CN(C)C1(CNc2nc(Cl)ncc2Cl)CCCC1. The van der Waals surface area contributed by atoms with Crippen molar-refractivity contribution in [2.24, 2.45) is 0 Å². The monoisotopic (exact) mass is 288 g/mol. The molecule has 4 nitrogen and oxygen atoms in total. The standard InChI is InChI=1S/C12H18Cl2N4/c1-18(2)12(5-3-4-6-12)8-16-10-9(13)7-15-11(14)17-10/h7H,3-6,8H2,1-2H3,(H,15,16,17). The van der Waals surface area contributed by atoms with Gasteiger partial charge < -0.3 is 10.2 Å². The minimum absolute atomic E-state index is 0.195. The molecule has 1 aliphatic rings. The number of halogens is 2. The fourth-order valence-corrected chi connectivity index (χ4v) is 2.82. The highest BCUT2D eigenvalue weighted by molar-refractivity contribution is 6.33. The number of aromatic nitrogens is 2. The zero-order valence-corrected chi connectivity index (χ0v) is 12.2. The lowest BCUT2D eigenvalue weighted by atomic mass is 9.96. The van der Waals surface area contributed by atoms with Gasteiger partial charge in [-0.3, -0.25) is 0 Å². The van der Waals surface area contributed by atoms with Gasteiger partial charge in [0.05, 0.1) is 6.20 Å². The molecule has 6 heteroatoms. The van der Waals surface area contributed by atoms with Gasteiger partial charge in [0.1, 0.15) is 10.8 Å². The summed E-state index contributed by atoms with van der Waals surface area (Å²) in [6.45, 7) is 0.826. The van der Waals surface area contributed by atoms with E-state index in [-0.39, 0.29) is 10.8 Å². The molecule has 0 spiro atoms. The van der Waals surface area contributed by atoms with Crippen LogP contribution in [0.2, 0.25) is 10.3 Å². The van der Waals surface area contributed by atoms with E-state index < -0.39 is 0 Å². The summed E-state index contributed by atoms with van der Waals surface area (Å²) in [4.78, 5) is 10.3. The second-order valence-electron chi connectivity index (χ2n) is 5.02. The van der Waals surface area contributed by atoms with Crippen molar-refractivity contribution in [3.63, 3.8) is 0 Å². The molecule has 0 amide bonds. The van der Waals surface area contributed by atoms with E-state index in [1.165, 1.54) is 31.9 Å². The summed E-state index contributed by atoms with van der Waals surface area (Å²) < 4.78 is 0. The lowest BCUT2D eigenvalue weighted by Gasteiger charge is -2.36. The number of nitrogens with zero attached hydrogens (tertiary/aromatic N) is 3. The van der Waals surface area contributed by atoms with Crippen LogP contribution in [0, 0.1) is 0 Å². The molecule has 1 saturated carbocycles. The molecular weight excluding hydrogens is 271 g/mol. The molecule has 1 fully saturated rings. The first kappa shape index (κ1) is 13.8. The van der Waals surface area contributed by atoms with Gasteiger partial charge in [-0.25, -0.2) is 4.98 Å². The molecule has 0 bridgehead atoms. The first-order valence-electron chi connectivity index (χ1n) is 6.13. The lowest BCUT2D eigenvalue weighted by molar-refractivity contribution is 0.172. The van der Waals surface area contributed by atoms with Gasteiger partial charge in [-0.05, 0) is 38.5 Å². The summed E-state index contributed by atoms with van der Waals surface area (Å²) >= 11 is 11.8. The van der Waals surface area contributed by atoms with Crippen LogP contribution in [-0.2, 0) is 0 Å². The smallest absolute Gasteiger partial charge is 0.224 e. The molecule has 0 aromatic carbocycles. The van der Waals surface area contributed by atoms with E-state index in [1.807, 2.05) is 0 Å². The fraction of sp³-hybridized carbons (Fsp3) is 0.667. The highest BCUT2D eigenvalue weighted by Crippen LogP contribution is 2.34. The molecule has 0 atom stereocenters. The van der Waals surface area contributed by atoms with Gasteiger partial charge in [-0.2, -0.15) is 4.98 Å². The third kappa shape index (κ3) is 2.87. The Balaban J connectivity index is 2.08. The number of anilines is 1. The molecule has 1 heterocycles. The number of hydrogen-bond acceptors (Lipinski definition) is 4. The van der Waals surface area contributed by atoms with Crippen molar-refractivity contribution in [1.29, 1.82) is 0 Å². The predicted molar refractivity (Wildman–Crippen MR) is 75.4 cm³/mol. The zero-order valence-electron chi connectivity index (χ0n) is 10.7. The van der Waals surface area contributed by atoms with Crippen LogP contribution in [-0.4, -0.2) is 41.0 Å². The molecule has 0 radical (unpaired) electrons. The van der Waals surface area contributed by atoms with Gasteiger partial charge in [-0.15, -0.1) is 0 Å². The van der Waals surface area contributed by atoms with E-state index in [0.29, 0.717) is 10.8 Å². The quantitative estimate of drug-likeness (QED) is 0.865. The van der Waals surface area contributed by atoms with Crippen molar-refractivity contribution in [3.05, 3.63) is 16.5 Å². The van der Waals surface area contributed by atoms with E-state index in [0.717, 1.165) is 6.54 Å². The first-order chi connectivity index (χ1) is 8.53. The second kappa shape index (κ2) is 5.59. The van der Waals surface area contributed by atoms with Crippen LogP contribution < -0.4 is 5.32 Å². The fourth-order valence-electron chi connectivity index (χ4n) is 2.53. The summed E-state index contributed by atoms with van der Waals surface area (Å²) in [5.74, 6) is 0.616. The van der Waals surface area contributed by atoms with E-state index in [4.69, 9.17) is 23.2 Å². The molecule has 100 valence electrons. The van der Waals surface area contributed by atoms with Crippen molar-refractivity contribution < 1.29 is 0 Å². The zero-order chi connectivity index (χ0) is 13.2. The van der Waals surface area contributed by atoms with Crippen molar-refractivity contribution in [3.8, 4) is 0 Å². The Bertz CT molecular complexity index is 417. The lowest BCUT2D eigenvalue weighted by Crippen LogP contribution is -2.47. The topological polar surface area (TPSA) is 41.0 Å². The summed E-state index contributed by atoms with van der Waals surface area (Å²) in [6.07, 6.45) is 6.47. The third-order valence-corrected chi connectivity index (χ3v) is 4.24. The maximum atomic E-state index is 6.05. The molecule has 0 aliphatic heterocycles. The molecule has 0 unspecified atom stereocenters. The van der Waals surface area contributed by atoms with Gasteiger partial charge in [-0.1, -0.05) is 24.4 Å². The maximum Gasteiger partial charge on any atom is 0.224 e. The van der Waals surface area contributed by atoms with Crippen molar-refractivity contribution in [2.45, 2.75) is 31.2 Å². The normalized spacial score (nSPS) is 18.3. The van der Waals surface area contributed by atoms with Crippen LogP contribution in [0.15, 0.2) is 6.20 Å². The molecule has 1 N–H and O–H groups in total. The Labute approximate surface area is 118 Å². The van der Waals surface area contributed by atoms with Gasteiger partial charge >= 0.3 is 0 Å². The van der Waals surface area contributed by atoms with Crippen LogP contribution in [0.25, 0.3) is 0 Å². The molecule has 1 aromatic rings. The van der Waals surface area contributed by atoms with E-state index in [2.05, 4.69) is 34.3 Å². The number of likely N-dealkylation sites (N-methyl/N-ethyl adjacent to an activating group) is 1. The molecule has 18 heavy (non-hydrogen) atoms. The summed E-state index contributed by atoms with van der Waals surface area (Å²) in [7, 11) is 4.25. The molecule has 0 saturated heterocycles. The molecular formula is C12H18Cl2N4. The van der Waals surface area contributed by atoms with Gasteiger partial charge in [0.15, 0.2) is 0 Å². The van der Waals surface area contributed by atoms with Crippen LogP contribution in [0.1, 0.15) is 25.7 Å². The van der Waals surface area contributed by atoms with Crippen LogP contribution >= 0.6 is 23.2 Å². The summed E-state index contributed by atoms with van der Waals surface area (Å²) in [6, 6.07) is 0. The molecule has 1 aromatic heterocycles. The Kier molecular flexibility index (Phi) is 4.30. The van der Waals surface area contributed by atoms with Crippen LogP contribution in [0.3, 0.4) is 0 Å². The predicted octanol–water partition coefficient (Wildman–Crippen LogP) is 3.07. The second-order valence-corrected chi connectivity index (χ2v) is 5.76. The van der Waals surface area contributed by atoms with E-state index >= 15 is 0 Å². The highest BCUT2D eigenvalue weighted by Gasteiger charge is 2.35. The summed E-state index contributed by atoms with van der Waals surface area (Å²) in [5.41, 5.74) is 0.195. The minimum atomic E-state index is 0.195. The van der Waals surface area contributed by atoms with E-state index in [1.54, 1.807) is 0 Å². The van der Waals surface area contributed by atoms with Crippen molar-refractivity contribution >= 4 is 29.0 Å². The maximum absolute atomic E-state index is 6.05. The average Bonchev–Trinajstić information content (AvgIpc) is 2.80.